The molecule has 0 bridgehead atoms. The smallest absolute Gasteiger partial charge is 0.237 e. The summed E-state index contributed by atoms with van der Waals surface area (Å²) in [6.45, 7) is 2.82. The van der Waals surface area contributed by atoms with Gasteiger partial charge in [0.1, 0.15) is 5.75 Å². The van der Waals surface area contributed by atoms with Crippen molar-refractivity contribution < 1.29 is 4.74 Å². The van der Waals surface area contributed by atoms with Crippen LogP contribution in [0.1, 0.15) is 18.2 Å². The van der Waals surface area contributed by atoms with Crippen LogP contribution in [0.15, 0.2) is 36.7 Å². The number of rotatable bonds is 5. The molecule has 0 aliphatic heterocycles. The van der Waals surface area contributed by atoms with Crippen LogP contribution in [0, 0.1) is 0 Å². The van der Waals surface area contributed by atoms with Gasteiger partial charge < -0.3 is 10.1 Å². The van der Waals surface area contributed by atoms with Gasteiger partial charge in [-0.25, -0.2) is 4.98 Å². The Bertz CT molecular complexity index is 497. The van der Waals surface area contributed by atoms with Gasteiger partial charge in [-0.05, 0) is 31.2 Å². The summed E-state index contributed by atoms with van der Waals surface area (Å²) in [6, 6.07) is 8.00. The van der Waals surface area contributed by atoms with Crippen molar-refractivity contribution in [1.82, 2.24) is 15.3 Å². The second kappa shape index (κ2) is 6.12. The Morgan fingerprint density at radius 2 is 2.11 bits per heavy atom. The van der Waals surface area contributed by atoms with Crippen LogP contribution in [0.3, 0.4) is 0 Å². The van der Waals surface area contributed by atoms with Gasteiger partial charge in [-0.1, -0.05) is 19.1 Å². The molecule has 0 aliphatic carbocycles. The fourth-order valence-corrected chi connectivity index (χ4v) is 1.62. The molecule has 0 spiro atoms. The molecule has 4 heteroatoms. The summed E-state index contributed by atoms with van der Waals surface area (Å²) in [5, 5.41) is 3.02. The first-order chi connectivity index (χ1) is 8.81. The van der Waals surface area contributed by atoms with Crippen LogP contribution in [-0.2, 0) is 13.0 Å². The molecule has 0 unspecified atom stereocenters. The molecule has 0 amide bonds. The molecule has 1 heterocycles. The molecule has 2 rings (SSSR count). The van der Waals surface area contributed by atoms with Crippen LogP contribution in [-0.4, -0.2) is 17.0 Å². The quantitative estimate of drug-likeness (QED) is 0.876. The maximum Gasteiger partial charge on any atom is 0.237 e. The lowest BCUT2D eigenvalue weighted by atomic mass is 10.2. The highest BCUT2D eigenvalue weighted by Gasteiger charge is 2.01. The first kappa shape index (κ1) is 12.5. The summed E-state index contributed by atoms with van der Waals surface area (Å²) in [7, 11) is 1.88. The lowest BCUT2D eigenvalue weighted by Crippen LogP contribution is -2.07. The molecule has 4 nitrogen and oxygen atoms in total. The number of ether oxygens (including phenoxy) is 1. The van der Waals surface area contributed by atoms with E-state index >= 15 is 0 Å². The highest BCUT2D eigenvalue weighted by atomic mass is 16.5. The molecule has 0 saturated carbocycles. The molecule has 0 fully saturated rings. The van der Waals surface area contributed by atoms with E-state index in [4.69, 9.17) is 4.74 Å². The van der Waals surface area contributed by atoms with Crippen molar-refractivity contribution in [3.05, 3.63) is 47.9 Å². The molecular formula is C14H17N3O. The minimum atomic E-state index is 0.517. The zero-order valence-corrected chi connectivity index (χ0v) is 10.7. The van der Waals surface area contributed by atoms with Gasteiger partial charge in [-0.3, -0.25) is 4.98 Å². The monoisotopic (exact) mass is 243 g/mol. The normalized spacial score (nSPS) is 10.3. The third kappa shape index (κ3) is 3.28. The first-order valence-corrected chi connectivity index (χ1v) is 6.04. The van der Waals surface area contributed by atoms with Gasteiger partial charge in [0.25, 0.3) is 0 Å². The zero-order chi connectivity index (χ0) is 12.8. The number of benzene rings is 1. The van der Waals surface area contributed by atoms with Gasteiger partial charge in [0.05, 0.1) is 18.1 Å². The molecule has 0 radical (unpaired) electrons. The topological polar surface area (TPSA) is 47.0 Å². The largest absolute Gasteiger partial charge is 0.437 e. The van der Waals surface area contributed by atoms with Crippen LogP contribution < -0.4 is 10.1 Å². The minimum Gasteiger partial charge on any atom is -0.437 e. The molecule has 0 atom stereocenters. The van der Waals surface area contributed by atoms with Crippen molar-refractivity contribution >= 4 is 0 Å². The van der Waals surface area contributed by atoms with Crippen LogP contribution in [0.5, 0.6) is 11.6 Å². The van der Waals surface area contributed by atoms with E-state index in [1.165, 1.54) is 5.56 Å². The molecular weight excluding hydrogens is 226 g/mol. The van der Waals surface area contributed by atoms with E-state index in [-0.39, 0.29) is 0 Å². The minimum absolute atomic E-state index is 0.517. The van der Waals surface area contributed by atoms with Crippen LogP contribution in [0.25, 0.3) is 0 Å². The Labute approximate surface area is 107 Å². The van der Waals surface area contributed by atoms with Gasteiger partial charge in [0, 0.05) is 6.54 Å². The summed E-state index contributed by atoms with van der Waals surface area (Å²) in [4.78, 5) is 8.48. The van der Waals surface area contributed by atoms with E-state index in [2.05, 4.69) is 28.3 Å². The van der Waals surface area contributed by atoms with Crippen LogP contribution in [0.2, 0.25) is 0 Å². The number of nitrogens with one attached hydrogen (secondary N) is 1. The number of hydrogen-bond donors (Lipinski definition) is 1. The molecule has 2 aromatic rings. The highest BCUT2D eigenvalue weighted by Crippen LogP contribution is 2.19. The third-order valence-electron chi connectivity index (χ3n) is 2.57. The summed E-state index contributed by atoms with van der Waals surface area (Å²) in [5.41, 5.74) is 2.14. The van der Waals surface area contributed by atoms with E-state index in [9.17, 15) is 0 Å². The predicted molar refractivity (Wildman–Crippen MR) is 70.7 cm³/mol. The molecule has 0 aliphatic rings. The van der Waals surface area contributed by atoms with Crippen molar-refractivity contribution in [2.75, 3.05) is 7.05 Å². The number of aromatic nitrogens is 2. The number of aryl methyl sites for hydroxylation is 1. The summed E-state index contributed by atoms with van der Waals surface area (Å²) in [6.07, 6.45) is 4.35. The fraction of sp³-hybridized carbons (Fsp3) is 0.286. The van der Waals surface area contributed by atoms with E-state index < -0.39 is 0 Å². The second-order valence-electron chi connectivity index (χ2n) is 3.98. The maximum absolute atomic E-state index is 5.66. The Morgan fingerprint density at radius 1 is 1.22 bits per heavy atom. The Hall–Kier alpha value is -1.94. The average Bonchev–Trinajstić information content (AvgIpc) is 2.42. The third-order valence-corrected chi connectivity index (χ3v) is 2.57. The van der Waals surface area contributed by atoms with Crippen molar-refractivity contribution in [2.24, 2.45) is 0 Å². The Kier molecular flexibility index (Phi) is 4.25. The lowest BCUT2D eigenvalue weighted by Gasteiger charge is -2.06. The maximum atomic E-state index is 5.66. The lowest BCUT2D eigenvalue weighted by molar-refractivity contribution is 0.458. The molecule has 0 saturated heterocycles. The van der Waals surface area contributed by atoms with Gasteiger partial charge >= 0.3 is 0 Å². The van der Waals surface area contributed by atoms with Crippen molar-refractivity contribution in [2.45, 2.75) is 19.9 Å². The number of nitrogens with zero attached hydrogens (tertiary/aromatic N) is 2. The average molecular weight is 243 g/mol. The molecule has 18 heavy (non-hydrogen) atoms. The number of hydrogen-bond acceptors (Lipinski definition) is 4. The Balaban J connectivity index is 2.08. The van der Waals surface area contributed by atoms with Gasteiger partial charge in [-0.2, -0.15) is 0 Å². The van der Waals surface area contributed by atoms with Crippen molar-refractivity contribution in [3.63, 3.8) is 0 Å². The molecule has 1 aromatic carbocycles. The summed E-state index contributed by atoms with van der Waals surface area (Å²) >= 11 is 0. The van der Waals surface area contributed by atoms with E-state index in [0.717, 1.165) is 17.9 Å². The molecule has 94 valence electrons. The van der Waals surface area contributed by atoms with Gasteiger partial charge in [-0.15, -0.1) is 0 Å². The SMILES string of the molecule is CCc1cccc(Oc2cnc(CNC)cn2)c1. The van der Waals surface area contributed by atoms with Crippen LogP contribution >= 0.6 is 0 Å². The summed E-state index contributed by atoms with van der Waals surface area (Å²) < 4.78 is 5.66. The predicted octanol–water partition coefficient (Wildman–Crippen LogP) is 2.55. The van der Waals surface area contributed by atoms with E-state index in [0.29, 0.717) is 12.4 Å². The van der Waals surface area contributed by atoms with Crippen molar-refractivity contribution in [3.8, 4) is 11.6 Å². The van der Waals surface area contributed by atoms with Crippen LogP contribution in [0.4, 0.5) is 0 Å². The van der Waals surface area contributed by atoms with Crippen molar-refractivity contribution in [1.29, 1.82) is 0 Å². The summed E-state index contributed by atoms with van der Waals surface area (Å²) in [5.74, 6) is 1.31. The van der Waals surface area contributed by atoms with Gasteiger partial charge in [0.2, 0.25) is 5.88 Å². The van der Waals surface area contributed by atoms with E-state index in [1.54, 1.807) is 12.4 Å². The zero-order valence-electron chi connectivity index (χ0n) is 10.7. The van der Waals surface area contributed by atoms with E-state index in [1.807, 2.05) is 25.2 Å². The standard InChI is InChI=1S/C14H17N3O/c1-3-11-5-4-6-13(7-11)18-14-10-16-12(8-15-2)9-17-14/h4-7,9-10,15H,3,8H2,1-2H3. The second-order valence-corrected chi connectivity index (χ2v) is 3.98. The molecule has 1 aromatic heterocycles. The fourth-order valence-electron chi connectivity index (χ4n) is 1.62. The highest BCUT2D eigenvalue weighted by molar-refractivity contribution is 5.31. The first-order valence-electron chi connectivity index (χ1n) is 6.04. The molecule has 1 N–H and O–H groups in total. The Morgan fingerprint density at radius 3 is 2.78 bits per heavy atom. The van der Waals surface area contributed by atoms with Gasteiger partial charge in [0.15, 0.2) is 0 Å².